The van der Waals surface area contributed by atoms with E-state index in [9.17, 15) is 4.79 Å². The summed E-state index contributed by atoms with van der Waals surface area (Å²) in [6.07, 6.45) is 1.88. The Morgan fingerprint density at radius 2 is 2.00 bits per heavy atom. The van der Waals surface area contributed by atoms with E-state index >= 15 is 0 Å². The third-order valence-corrected chi connectivity index (χ3v) is 3.89. The maximum absolute atomic E-state index is 11.5. The predicted molar refractivity (Wildman–Crippen MR) is 82.9 cm³/mol. The Hall–Kier alpha value is -0.290. The Balaban J connectivity index is 2.46. The molecule has 1 aliphatic heterocycles. The van der Waals surface area contributed by atoms with Crippen LogP contribution in [0.3, 0.4) is 0 Å². The van der Waals surface area contributed by atoms with Gasteiger partial charge in [-0.1, -0.05) is 32.5 Å². The number of rotatable bonds is 3. The Bertz CT molecular complexity index is 334. The highest BCUT2D eigenvalue weighted by molar-refractivity contribution is 8.14. The summed E-state index contributed by atoms with van der Waals surface area (Å²) in [5.41, 5.74) is 0.169. The standard InChI is InChI=1S/C13H24N2OS2/c1-12(2,3)8-13(4,5)15-11(17)14-9-6-7-18-10(9)16/h9H,6-8H2,1-5H3,(H2,14,15,17). The second-order valence-corrected chi connectivity index (χ2v) is 8.24. The van der Waals surface area contributed by atoms with E-state index in [1.54, 1.807) is 0 Å². The summed E-state index contributed by atoms with van der Waals surface area (Å²) in [4.78, 5) is 11.5. The van der Waals surface area contributed by atoms with E-state index in [4.69, 9.17) is 12.2 Å². The maximum atomic E-state index is 11.5. The number of thioether (sulfide) groups is 1. The average Bonchev–Trinajstić information content (AvgIpc) is 2.45. The molecule has 0 spiro atoms. The van der Waals surface area contributed by atoms with Crippen molar-refractivity contribution in [3.8, 4) is 0 Å². The number of thiocarbonyl (C=S) groups is 1. The molecule has 1 heterocycles. The summed E-state index contributed by atoms with van der Waals surface area (Å²) in [5.74, 6) is 0.893. The van der Waals surface area contributed by atoms with Gasteiger partial charge in [0.15, 0.2) is 5.11 Å². The van der Waals surface area contributed by atoms with Crippen LogP contribution in [-0.2, 0) is 4.79 Å². The lowest BCUT2D eigenvalue weighted by molar-refractivity contribution is -0.112. The first-order valence-corrected chi connectivity index (χ1v) is 7.74. The number of carbonyl (C=O) groups excluding carboxylic acids is 1. The van der Waals surface area contributed by atoms with Crippen LogP contribution in [0, 0.1) is 5.41 Å². The highest BCUT2D eigenvalue weighted by Crippen LogP contribution is 2.26. The van der Waals surface area contributed by atoms with E-state index < -0.39 is 0 Å². The summed E-state index contributed by atoms with van der Waals surface area (Å²) in [6, 6.07) is -0.111. The topological polar surface area (TPSA) is 41.1 Å². The SMILES string of the molecule is CC(C)(C)CC(C)(C)NC(=S)NC1CCSC1=O. The Kier molecular flexibility index (Phi) is 5.06. The second kappa shape index (κ2) is 5.78. The van der Waals surface area contributed by atoms with Crippen molar-refractivity contribution in [2.45, 2.75) is 59.0 Å². The first-order valence-electron chi connectivity index (χ1n) is 6.34. The number of nitrogens with one attached hydrogen (secondary N) is 2. The van der Waals surface area contributed by atoms with Crippen LogP contribution in [0.4, 0.5) is 0 Å². The smallest absolute Gasteiger partial charge is 0.211 e. The highest BCUT2D eigenvalue weighted by atomic mass is 32.2. The molecule has 0 aromatic rings. The fourth-order valence-electron chi connectivity index (χ4n) is 2.50. The van der Waals surface area contributed by atoms with Crippen LogP contribution in [0.2, 0.25) is 0 Å². The van der Waals surface area contributed by atoms with Crippen molar-refractivity contribution in [3.05, 3.63) is 0 Å². The van der Waals surface area contributed by atoms with Gasteiger partial charge < -0.3 is 10.6 Å². The van der Waals surface area contributed by atoms with Crippen LogP contribution in [0.1, 0.15) is 47.5 Å². The fourth-order valence-corrected chi connectivity index (χ4v) is 3.85. The van der Waals surface area contributed by atoms with Crippen LogP contribution >= 0.6 is 24.0 Å². The van der Waals surface area contributed by atoms with Gasteiger partial charge in [0.05, 0.1) is 6.04 Å². The van der Waals surface area contributed by atoms with E-state index in [1.807, 2.05) is 0 Å². The molecule has 3 nitrogen and oxygen atoms in total. The summed E-state index contributed by atoms with van der Waals surface area (Å²) in [7, 11) is 0. The summed E-state index contributed by atoms with van der Waals surface area (Å²) in [5, 5.41) is 7.23. The number of hydrogen-bond donors (Lipinski definition) is 2. The minimum Gasteiger partial charge on any atom is -0.358 e. The first-order chi connectivity index (χ1) is 8.09. The molecule has 18 heavy (non-hydrogen) atoms. The zero-order valence-corrected chi connectivity index (χ0v) is 13.6. The normalized spacial score (nSPS) is 20.9. The average molecular weight is 288 g/mol. The molecule has 1 aliphatic rings. The number of carbonyl (C=O) groups is 1. The van der Waals surface area contributed by atoms with Crippen molar-refractivity contribution in [1.82, 2.24) is 10.6 Å². The summed E-state index contributed by atoms with van der Waals surface area (Å²) in [6.45, 7) is 10.9. The van der Waals surface area contributed by atoms with Crippen LogP contribution in [0.15, 0.2) is 0 Å². The van der Waals surface area contributed by atoms with Gasteiger partial charge in [-0.15, -0.1) is 0 Å². The van der Waals surface area contributed by atoms with Gasteiger partial charge in [-0.2, -0.15) is 0 Å². The van der Waals surface area contributed by atoms with E-state index in [0.29, 0.717) is 5.11 Å². The van der Waals surface area contributed by atoms with Crippen molar-refractivity contribution < 1.29 is 4.79 Å². The van der Waals surface area contributed by atoms with E-state index in [-0.39, 0.29) is 22.1 Å². The van der Waals surface area contributed by atoms with Crippen molar-refractivity contribution in [2.24, 2.45) is 5.41 Å². The molecule has 1 saturated heterocycles. The third-order valence-electron chi connectivity index (χ3n) is 2.66. The lowest BCUT2D eigenvalue weighted by atomic mass is 9.82. The maximum Gasteiger partial charge on any atom is 0.211 e. The van der Waals surface area contributed by atoms with Gasteiger partial charge in [0.2, 0.25) is 5.12 Å². The van der Waals surface area contributed by atoms with Crippen molar-refractivity contribution >= 4 is 34.2 Å². The molecule has 0 bridgehead atoms. The molecule has 0 aromatic heterocycles. The minimum absolute atomic E-state index is 0.0723. The molecule has 0 aliphatic carbocycles. The molecule has 0 aromatic carbocycles. The molecule has 0 amide bonds. The quantitative estimate of drug-likeness (QED) is 0.782. The molecule has 1 fully saturated rings. The van der Waals surface area contributed by atoms with Gasteiger partial charge in [-0.25, -0.2) is 0 Å². The molecule has 2 N–H and O–H groups in total. The second-order valence-electron chi connectivity index (χ2n) is 6.73. The van der Waals surface area contributed by atoms with Crippen molar-refractivity contribution in [1.29, 1.82) is 0 Å². The molecule has 104 valence electrons. The van der Waals surface area contributed by atoms with Crippen LogP contribution in [-0.4, -0.2) is 27.6 Å². The highest BCUT2D eigenvalue weighted by Gasteiger charge is 2.29. The van der Waals surface area contributed by atoms with E-state index in [0.717, 1.165) is 18.6 Å². The number of hydrogen-bond acceptors (Lipinski definition) is 3. The first kappa shape index (κ1) is 15.8. The Morgan fingerprint density at radius 1 is 1.39 bits per heavy atom. The van der Waals surface area contributed by atoms with Gasteiger partial charge in [-0.3, -0.25) is 4.79 Å². The fraction of sp³-hybridized carbons (Fsp3) is 0.846. The lowest BCUT2D eigenvalue weighted by Gasteiger charge is -2.34. The summed E-state index contributed by atoms with van der Waals surface area (Å²) >= 11 is 6.68. The van der Waals surface area contributed by atoms with Gasteiger partial charge in [0.25, 0.3) is 0 Å². The monoisotopic (exact) mass is 288 g/mol. The molecule has 0 radical (unpaired) electrons. The molecular weight excluding hydrogens is 264 g/mol. The van der Waals surface area contributed by atoms with E-state index in [2.05, 4.69) is 45.3 Å². The zero-order valence-electron chi connectivity index (χ0n) is 11.9. The lowest BCUT2D eigenvalue weighted by Crippen LogP contribution is -2.52. The predicted octanol–water partition coefficient (Wildman–Crippen LogP) is 2.70. The molecule has 1 atom stereocenters. The third kappa shape index (κ3) is 5.57. The Labute approximate surface area is 120 Å². The van der Waals surface area contributed by atoms with Crippen molar-refractivity contribution in [2.75, 3.05) is 5.75 Å². The van der Waals surface area contributed by atoms with Crippen LogP contribution in [0.5, 0.6) is 0 Å². The van der Waals surface area contributed by atoms with Gasteiger partial charge in [0.1, 0.15) is 0 Å². The van der Waals surface area contributed by atoms with Gasteiger partial charge in [-0.05, 0) is 44.3 Å². The Morgan fingerprint density at radius 3 is 2.44 bits per heavy atom. The summed E-state index contributed by atoms with van der Waals surface area (Å²) < 4.78 is 0. The molecular formula is C13H24N2OS2. The minimum atomic E-state index is -0.111. The molecule has 1 rings (SSSR count). The van der Waals surface area contributed by atoms with Gasteiger partial charge in [0, 0.05) is 11.3 Å². The largest absolute Gasteiger partial charge is 0.358 e. The zero-order chi connectivity index (χ0) is 14.0. The van der Waals surface area contributed by atoms with E-state index in [1.165, 1.54) is 11.8 Å². The molecule has 1 unspecified atom stereocenters. The molecule has 5 heteroatoms. The van der Waals surface area contributed by atoms with Crippen LogP contribution < -0.4 is 10.6 Å². The van der Waals surface area contributed by atoms with Crippen LogP contribution in [0.25, 0.3) is 0 Å². The van der Waals surface area contributed by atoms with Crippen molar-refractivity contribution in [3.63, 3.8) is 0 Å². The van der Waals surface area contributed by atoms with Gasteiger partial charge >= 0.3 is 0 Å². The molecule has 0 saturated carbocycles.